The maximum atomic E-state index is 12.0. The molecule has 1 amide bonds. The maximum absolute atomic E-state index is 12.0. The van der Waals surface area contributed by atoms with E-state index in [4.69, 9.17) is 5.11 Å². The molecule has 2 unspecified atom stereocenters. The third-order valence-corrected chi connectivity index (χ3v) is 3.51. The first kappa shape index (κ1) is 13.8. The van der Waals surface area contributed by atoms with E-state index in [-0.39, 0.29) is 18.6 Å². The van der Waals surface area contributed by atoms with Crippen molar-refractivity contribution in [2.45, 2.75) is 31.7 Å². The average Bonchev–Trinajstić information content (AvgIpc) is 2.92. The van der Waals surface area contributed by atoms with Crippen LogP contribution < -0.4 is 5.32 Å². The van der Waals surface area contributed by atoms with E-state index in [1.54, 1.807) is 0 Å². The first-order valence-electron chi connectivity index (χ1n) is 6.91. The van der Waals surface area contributed by atoms with Crippen LogP contribution in [0.4, 0.5) is 0 Å². The van der Waals surface area contributed by atoms with Crippen molar-refractivity contribution in [2.24, 2.45) is 5.92 Å². The lowest BCUT2D eigenvalue weighted by atomic mass is 10.0. The average molecular weight is 259 g/mol. The molecular formula is C16H21NO2. The van der Waals surface area contributed by atoms with Gasteiger partial charge in [0.1, 0.15) is 0 Å². The summed E-state index contributed by atoms with van der Waals surface area (Å²) >= 11 is 0. The van der Waals surface area contributed by atoms with Crippen LogP contribution in [0.3, 0.4) is 0 Å². The number of hydrogen-bond acceptors (Lipinski definition) is 2. The lowest BCUT2D eigenvalue weighted by Crippen LogP contribution is -2.30. The fourth-order valence-electron chi connectivity index (χ4n) is 2.49. The molecule has 3 nitrogen and oxygen atoms in total. The molecule has 2 rings (SSSR count). The molecule has 102 valence electrons. The van der Waals surface area contributed by atoms with Crippen molar-refractivity contribution in [3.63, 3.8) is 0 Å². The van der Waals surface area contributed by atoms with E-state index < -0.39 is 0 Å². The number of aliphatic hydroxyl groups is 1. The number of carbonyl (C=O) groups is 1. The summed E-state index contributed by atoms with van der Waals surface area (Å²) in [6.45, 7) is 0.0726. The van der Waals surface area contributed by atoms with Gasteiger partial charge in [-0.2, -0.15) is 0 Å². The summed E-state index contributed by atoms with van der Waals surface area (Å²) in [6, 6.07) is 9.72. The molecule has 0 spiro atoms. The Morgan fingerprint density at radius 1 is 1.37 bits per heavy atom. The molecule has 19 heavy (non-hydrogen) atoms. The highest BCUT2D eigenvalue weighted by atomic mass is 16.3. The van der Waals surface area contributed by atoms with Gasteiger partial charge in [0, 0.05) is 13.0 Å². The molecule has 1 aliphatic carbocycles. The van der Waals surface area contributed by atoms with Gasteiger partial charge in [0.25, 0.3) is 0 Å². The van der Waals surface area contributed by atoms with Gasteiger partial charge in [-0.3, -0.25) is 4.79 Å². The van der Waals surface area contributed by atoms with E-state index >= 15 is 0 Å². The Labute approximate surface area is 114 Å². The van der Waals surface area contributed by atoms with Gasteiger partial charge >= 0.3 is 0 Å². The van der Waals surface area contributed by atoms with Crippen LogP contribution in [0, 0.1) is 5.92 Å². The zero-order valence-electron chi connectivity index (χ0n) is 11.1. The quantitative estimate of drug-likeness (QED) is 0.771. The van der Waals surface area contributed by atoms with Crippen LogP contribution in [0.1, 0.15) is 37.3 Å². The third-order valence-electron chi connectivity index (χ3n) is 3.51. The Hall–Kier alpha value is -1.61. The van der Waals surface area contributed by atoms with Crippen molar-refractivity contribution in [1.82, 2.24) is 5.32 Å². The van der Waals surface area contributed by atoms with Crippen molar-refractivity contribution in [1.29, 1.82) is 0 Å². The molecule has 0 heterocycles. The Balaban J connectivity index is 1.92. The second-order valence-corrected chi connectivity index (χ2v) is 5.01. The third kappa shape index (κ3) is 4.21. The first-order valence-corrected chi connectivity index (χ1v) is 6.91. The van der Waals surface area contributed by atoms with E-state index in [2.05, 4.69) is 17.5 Å². The molecular weight excluding hydrogens is 238 g/mol. The fourth-order valence-corrected chi connectivity index (χ4v) is 2.49. The van der Waals surface area contributed by atoms with E-state index in [0.29, 0.717) is 18.8 Å². The second-order valence-electron chi connectivity index (χ2n) is 5.01. The standard InChI is InChI=1S/C16H21NO2/c18-11-10-15(14-8-2-1-3-9-14)17-16(19)12-13-6-4-5-7-13/h1-4,6,8-9,13,15,18H,5,7,10-12H2,(H,17,19). The molecule has 0 radical (unpaired) electrons. The van der Waals surface area contributed by atoms with Crippen LogP contribution in [0.25, 0.3) is 0 Å². The lowest BCUT2D eigenvalue weighted by molar-refractivity contribution is -0.122. The Kier molecular flexibility index (Phi) is 5.16. The van der Waals surface area contributed by atoms with Gasteiger partial charge in [0.05, 0.1) is 6.04 Å². The topological polar surface area (TPSA) is 49.3 Å². The number of rotatable bonds is 6. The first-order chi connectivity index (χ1) is 9.29. The van der Waals surface area contributed by atoms with E-state index in [9.17, 15) is 4.79 Å². The smallest absolute Gasteiger partial charge is 0.221 e. The highest BCUT2D eigenvalue weighted by molar-refractivity contribution is 5.77. The predicted molar refractivity (Wildman–Crippen MR) is 75.5 cm³/mol. The number of benzene rings is 1. The van der Waals surface area contributed by atoms with Gasteiger partial charge in [-0.25, -0.2) is 0 Å². The molecule has 2 atom stereocenters. The van der Waals surface area contributed by atoms with Gasteiger partial charge in [0.15, 0.2) is 0 Å². The van der Waals surface area contributed by atoms with E-state index in [1.165, 1.54) is 0 Å². The molecule has 1 aromatic carbocycles. The zero-order valence-corrected chi connectivity index (χ0v) is 11.1. The minimum atomic E-state index is -0.0934. The van der Waals surface area contributed by atoms with Crippen molar-refractivity contribution >= 4 is 5.91 Å². The highest BCUT2D eigenvalue weighted by Gasteiger charge is 2.18. The molecule has 0 bridgehead atoms. The van der Waals surface area contributed by atoms with Gasteiger partial charge in [-0.15, -0.1) is 0 Å². The summed E-state index contributed by atoms with van der Waals surface area (Å²) in [5, 5.41) is 12.2. The van der Waals surface area contributed by atoms with Gasteiger partial charge < -0.3 is 10.4 Å². The molecule has 0 saturated heterocycles. The minimum absolute atomic E-state index is 0.0684. The Morgan fingerprint density at radius 3 is 2.79 bits per heavy atom. The SMILES string of the molecule is O=C(CC1C=CCC1)NC(CCO)c1ccccc1. The van der Waals surface area contributed by atoms with Crippen molar-refractivity contribution in [3.8, 4) is 0 Å². The monoisotopic (exact) mass is 259 g/mol. The molecule has 0 aliphatic heterocycles. The normalized spacial score (nSPS) is 19.3. The van der Waals surface area contributed by atoms with Crippen LogP contribution in [0.15, 0.2) is 42.5 Å². The summed E-state index contributed by atoms with van der Waals surface area (Å²) in [7, 11) is 0. The van der Waals surface area contributed by atoms with Crippen molar-refractivity contribution < 1.29 is 9.90 Å². The number of allylic oxidation sites excluding steroid dienone is 2. The second kappa shape index (κ2) is 7.10. The number of amides is 1. The van der Waals surface area contributed by atoms with E-state index in [0.717, 1.165) is 18.4 Å². The fraction of sp³-hybridized carbons (Fsp3) is 0.438. The molecule has 0 fully saturated rings. The predicted octanol–water partition coefficient (Wildman–Crippen LogP) is 2.58. The van der Waals surface area contributed by atoms with Gasteiger partial charge in [0.2, 0.25) is 5.91 Å². The Morgan fingerprint density at radius 2 is 2.16 bits per heavy atom. The maximum Gasteiger partial charge on any atom is 0.221 e. The van der Waals surface area contributed by atoms with Crippen LogP contribution in [0.2, 0.25) is 0 Å². The minimum Gasteiger partial charge on any atom is -0.396 e. The largest absolute Gasteiger partial charge is 0.396 e. The van der Waals surface area contributed by atoms with Crippen LogP contribution in [-0.4, -0.2) is 17.6 Å². The zero-order chi connectivity index (χ0) is 13.5. The van der Waals surface area contributed by atoms with Crippen LogP contribution in [-0.2, 0) is 4.79 Å². The molecule has 3 heteroatoms. The lowest BCUT2D eigenvalue weighted by Gasteiger charge is -2.19. The number of aliphatic hydroxyl groups excluding tert-OH is 1. The molecule has 1 aliphatic rings. The number of hydrogen-bond donors (Lipinski definition) is 2. The van der Waals surface area contributed by atoms with Crippen LogP contribution >= 0.6 is 0 Å². The van der Waals surface area contributed by atoms with Gasteiger partial charge in [-0.05, 0) is 30.7 Å². The summed E-state index contributed by atoms with van der Waals surface area (Å²) in [4.78, 5) is 12.0. The van der Waals surface area contributed by atoms with E-state index in [1.807, 2.05) is 30.3 Å². The molecule has 0 aromatic heterocycles. The highest BCUT2D eigenvalue weighted by Crippen LogP contribution is 2.21. The molecule has 1 aromatic rings. The number of carbonyl (C=O) groups excluding carboxylic acids is 1. The summed E-state index contributed by atoms with van der Waals surface area (Å²) in [5.74, 6) is 0.449. The van der Waals surface area contributed by atoms with Crippen molar-refractivity contribution in [2.75, 3.05) is 6.61 Å². The van der Waals surface area contributed by atoms with Crippen molar-refractivity contribution in [3.05, 3.63) is 48.0 Å². The number of nitrogens with one attached hydrogen (secondary N) is 1. The summed E-state index contributed by atoms with van der Waals surface area (Å²) in [5.41, 5.74) is 1.05. The summed E-state index contributed by atoms with van der Waals surface area (Å²) < 4.78 is 0. The summed E-state index contributed by atoms with van der Waals surface area (Å²) in [6.07, 6.45) is 7.52. The van der Waals surface area contributed by atoms with Crippen LogP contribution in [0.5, 0.6) is 0 Å². The van der Waals surface area contributed by atoms with Gasteiger partial charge in [-0.1, -0.05) is 42.5 Å². The Bertz CT molecular complexity index is 428. The molecule has 0 saturated carbocycles. The molecule has 2 N–H and O–H groups in total.